The quantitative estimate of drug-likeness (QED) is 0.838. The Balaban J connectivity index is 0.00000243. The molecule has 1 aliphatic rings. The van der Waals surface area contributed by atoms with Crippen LogP contribution in [0, 0.1) is 0 Å². The fraction of sp³-hybridized carbons (Fsp3) is 0.263. The molecule has 7 heteroatoms. The smallest absolute Gasteiger partial charge is 0.254 e. The number of benzene rings is 2. The topological polar surface area (TPSA) is 61.4 Å². The summed E-state index contributed by atoms with van der Waals surface area (Å²) in [6.45, 7) is 3.43. The summed E-state index contributed by atoms with van der Waals surface area (Å²) in [5.74, 6) is -0.237. The van der Waals surface area contributed by atoms with E-state index in [1.165, 1.54) is 6.92 Å². The summed E-state index contributed by atoms with van der Waals surface area (Å²) in [4.78, 5) is 26.2. The van der Waals surface area contributed by atoms with Crippen molar-refractivity contribution < 1.29 is 9.59 Å². The van der Waals surface area contributed by atoms with E-state index in [1.807, 2.05) is 29.2 Å². The SMILES string of the molecule is CC(=O)Nc1cccc(C(=O)N2CCNCC2c2ccccc2Cl)c1.Cl. The van der Waals surface area contributed by atoms with Gasteiger partial charge < -0.3 is 15.5 Å². The maximum Gasteiger partial charge on any atom is 0.254 e. The normalized spacial score (nSPS) is 16.5. The molecule has 1 saturated heterocycles. The van der Waals surface area contributed by atoms with Crippen LogP contribution in [0.15, 0.2) is 48.5 Å². The molecule has 1 heterocycles. The van der Waals surface area contributed by atoms with E-state index in [2.05, 4.69) is 10.6 Å². The van der Waals surface area contributed by atoms with Crippen molar-refractivity contribution in [3.63, 3.8) is 0 Å². The fourth-order valence-corrected chi connectivity index (χ4v) is 3.33. The van der Waals surface area contributed by atoms with Crippen molar-refractivity contribution in [2.75, 3.05) is 25.0 Å². The first-order valence-electron chi connectivity index (χ1n) is 8.20. The predicted molar refractivity (Wildman–Crippen MR) is 106 cm³/mol. The van der Waals surface area contributed by atoms with Crippen LogP contribution in [0.2, 0.25) is 5.02 Å². The van der Waals surface area contributed by atoms with Crippen LogP contribution in [0.4, 0.5) is 5.69 Å². The Labute approximate surface area is 164 Å². The van der Waals surface area contributed by atoms with Gasteiger partial charge in [0.2, 0.25) is 5.91 Å². The highest BCUT2D eigenvalue weighted by Gasteiger charge is 2.29. The Morgan fingerprint density at radius 1 is 1.19 bits per heavy atom. The fourth-order valence-electron chi connectivity index (χ4n) is 3.07. The van der Waals surface area contributed by atoms with Crippen molar-refractivity contribution >= 4 is 41.5 Å². The van der Waals surface area contributed by atoms with Gasteiger partial charge in [-0.25, -0.2) is 0 Å². The standard InChI is InChI=1S/C19H20ClN3O2.ClH/c1-13(24)22-15-6-4-5-14(11-15)19(25)23-10-9-21-12-18(23)16-7-2-3-8-17(16)20;/h2-8,11,18,21H,9-10,12H2,1H3,(H,22,24);1H. The summed E-state index contributed by atoms with van der Waals surface area (Å²) in [6, 6.07) is 14.5. The predicted octanol–water partition coefficient (Wildman–Crippen LogP) is 3.51. The van der Waals surface area contributed by atoms with Crippen LogP contribution in [-0.4, -0.2) is 36.3 Å². The van der Waals surface area contributed by atoms with Crippen molar-refractivity contribution in [1.82, 2.24) is 10.2 Å². The van der Waals surface area contributed by atoms with Crippen molar-refractivity contribution in [2.45, 2.75) is 13.0 Å². The monoisotopic (exact) mass is 393 g/mol. The van der Waals surface area contributed by atoms with Crippen LogP contribution in [-0.2, 0) is 4.79 Å². The molecule has 0 saturated carbocycles. The van der Waals surface area contributed by atoms with Gasteiger partial charge in [0.15, 0.2) is 0 Å². The highest BCUT2D eigenvalue weighted by Crippen LogP contribution is 2.29. The van der Waals surface area contributed by atoms with Gasteiger partial charge in [-0.3, -0.25) is 9.59 Å². The number of rotatable bonds is 3. The van der Waals surface area contributed by atoms with Crippen LogP contribution < -0.4 is 10.6 Å². The maximum absolute atomic E-state index is 13.1. The van der Waals surface area contributed by atoms with Crippen molar-refractivity contribution in [3.05, 3.63) is 64.7 Å². The molecule has 2 amide bonds. The van der Waals surface area contributed by atoms with Gasteiger partial charge in [0.1, 0.15) is 0 Å². The molecule has 0 aliphatic carbocycles. The average molecular weight is 394 g/mol. The zero-order valence-electron chi connectivity index (χ0n) is 14.4. The van der Waals surface area contributed by atoms with Gasteiger partial charge in [-0.15, -0.1) is 12.4 Å². The number of nitrogens with one attached hydrogen (secondary N) is 2. The van der Waals surface area contributed by atoms with E-state index < -0.39 is 0 Å². The van der Waals surface area contributed by atoms with Gasteiger partial charge in [-0.2, -0.15) is 0 Å². The Kier molecular flexibility index (Phi) is 7.03. The average Bonchev–Trinajstić information content (AvgIpc) is 2.61. The van der Waals surface area contributed by atoms with Crippen molar-refractivity contribution in [1.29, 1.82) is 0 Å². The van der Waals surface area contributed by atoms with E-state index in [1.54, 1.807) is 24.3 Å². The van der Waals surface area contributed by atoms with Crippen LogP contribution in [0.25, 0.3) is 0 Å². The minimum Gasteiger partial charge on any atom is -0.329 e. The molecule has 3 rings (SSSR count). The van der Waals surface area contributed by atoms with Crippen molar-refractivity contribution in [3.8, 4) is 0 Å². The van der Waals surface area contributed by atoms with Gasteiger partial charge in [0.05, 0.1) is 6.04 Å². The molecule has 2 N–H and O–H groups in total. The van der Waals surface area contributed by atoms with E-state index in [0.29, 0.717) is 29.4 Å². The Bertz CT molecular complexity index is 798. The van der Waals surface area contributed by atoms with Gasteiger partial charge in [0.25, 0.3) is 5.91 Å². The minimum atomic E-state index is -0.166. The first kappa shape index (κ1) is 20.2. The summed E-state index contributed by atoms with van der Waals surface area (Å²) in [6.07, 6.45) is 0. The molecule has 2 aromatic rings. The van der Waals surface area contributed by atoms with E-state index in [0.717, 1.165) is 12.1 Å². The number of nitrogens with zero attached hydrogens (tertiary/aromatic N) is 1. The lowest BCUT2D eigenvalue weighted by molar-refractivity contribution is -0.114. The molecule has 138 valence electrons. The Morgan fingerprint density at radius 3 is 2.69 bits per heavy atom. The third kappa shape index (κ3) is 4.55. The van der Waals surface area contributed by atoms with E-state index in [4.69, 9.17) is 11.6 Å². The highest BCUT2D eigenvalue weighted by molar-refractivity contribution is 6.31. The lowest BCUT2D eigenvalue weighted by Gasteiger charge is -2.37. The van der Waals surface area contributed by atoms with Crippen LogP contribution in [0.3, 0.4) is 0 Å². The zero-order valence-corrected chi connectivity index (χ0v) is 15.9. The van der Waals surface area contributed by atoms with E-state index in [9.17, 15) is 9.59 Å². The molecule has 1 fully saturated rings. The van der Waals surface area contributed by atoms with Crippen LogP contribution in [0.1, 0.15) is 28.9 Å². The number of anilines is 1. The summed E-state index contributed by atoms with van der Waals surface area (Å²) in [5.41, 5.74) is 2.09. The minimum absolute atomic E-state index is 0. The molecule has 1 atom stereocenters. The summed E-state index contributed by atoms with van der Waals surface area (Å²) in [5, 5.41) is 6.69. The zero-order chi connectivity index (χ0) is 17.8. The molecular formula is C19H21Cl2N3O2. The molecule has 0 spiro atoms. The number of hydrogen-bond donors (Lipinski definition) is 2. The van der Waals surface area contributed by atoms with Gasteiger partial charge in [-0.05, 0) is 29.8 Å². The second-order valence-corrected chi connectivity index (χ2v) is 6.41. The number of carbonyl (C=O) groups excluding carboxylic acids is 2. The summed E-state index contributed by atoms with van der Waals surface area (Å²) < 4.78 is 0. The molecular weight excluding hydrogens is 373 g/mol. The third-order valence-corrected chi connectivity index (χ3v) is 4.54. The third-order valence-electron chi connectivity index (χ3n) is 4.20. The second kappa shape index (κ2) is 9.03. The first-order valence-corrected chi connectivity index (χ1v) is 8.58. The Hall–Kier alpha value is -2.08. The lowest BCUT2D eigenvalue weighted by atomic mass is 10.0. The number of hydrogen-bond acceptors (Lipinski definition) is 3. The van der Waals surface area contributed by atoms with Gasteiger partial charge in [-0.1, -0.05) is 35.9 Å². The second-order valence-electron chi connectivity index (χ2n) is 6.00. The van der Waals surface area contributed by atoms with E-state index in [-0.39, 0.29) is 30.3 Å². The highest BCUT2D eigenvalue weighted by atomic mass is 35.5. The molecule has 0 radical (unpaired) electrons. The molecule has 0 aromatic heterocycles. The molecule has 26 heavy (non-hydrogen) atoms. The Morgan fingerprint density at radius 2 is 1.96 bits per heavy atom. The number of piperazine rings is 1. The summed E-state index contributed by atoms with van der Waals surface area (Å²) >= 11 is 6.34. The first-order chi connectivity index (χ1) is 12.1. The summed E-state index contributed by atoms with van der Waals surface area (Å²) in [7, 11) is 0. The van der Waals surface area contributed by atoms with Gasteiger partial charge >= 0.3 is 0 Å². The van der Waals surface area contributed by atoms with Gasteiger partial charge in [0, 0.05) is 42.8 Å². The lowest BCUT2D eigenvalue weighted by Crippen LogP contribution is -2.48. The molecule has 1 unspecified atom stereocenters. The number of amides is 2. The van der Waals surface area contributed by atoms with Crippen molar-refractivity contribution in [2.24, 2.45) is 0 Å². The largest absolute Gasteiger partial charge is 0.329 e. The molecule has 1 aliphatic heterocycles. The van der Waals surface area contributed by atoms with E-state index >= 15 is 0 Å². The van der Waals surface area contributed by atoms with Crippen LogP contribution in [0.5, 0.6) is 0 Å². The number of halogens is 2. The molecule has 2 aromatic carbocycles. The molecule has 5 nitrogen and oxygen atoms in total. The molecule has 0 bridgehead atoms. The van der Waals surface area contributed by atoms with Crippen LogP contribution >= 0.6 is 24.0 Å². The number of carbonyl (C=O) groups is 2. The maximum atomic E-state index is 13.1.